The minimum Gasteiger partial charge on any atom is -0.507 e. The third-order valence-electron chi connectivity index (χ3n) is 5.50. The van der Waals surface area contributed by atoms with E-state index in [1.165, 1.54) is 12.1 Å². The van der Waals surface area contributed by atoms with E-state index in [0.717, 1.165) is 11.4 Å². The molecule has 33 heavy (non-hydrogen) atoms. The highest BCUT2D eigenvalue weighted by atomic mass is 16.4. The van der Waals surface area contributed by atoms with Crippen LogP contribution in [0.25, 0.3) is 11.4 Å². The van der Waals surface area contributed by atoms with E-state index in [0.29, 0.717) is 23.1 Å². The molecule has 1 atom stereocenters. The van der Waals surface area contributed by atoms with Gasteiger partial charge in [0.1, 0.15) is 11.3 Å². The van der Waals surface area contributed by atoms with E-state index in [1.807, 2.05) is 46.1 Å². The highest BCUT2D eigenvalue weighted by Crippen LogP contribution is 2.39. The van der Waals surface area contributed by atoms with Crippen LogP contribution >= 0.6 is 0 Å². The molecule has 5 N–H and O–H groups in total. The Labute approximate surface area is 193 Å². The van der Waals surface area contributed by atoms with E-state index in [2.05, 4.69) is 20.8 Å². The van der Waals surface area contributed by atoms with Gasteiger partial charge in [-0.15, -0.1) is 5.10 Å². The molecule has 0 bridgehead atoms. The number of aliphatic hydroxyl groups is 1. The van der Waals surface area contributed by atoms with Crippen LogP contribution in [0.15, 0.2) is 18.2 Å². The lowest BCUT2D eigenvalue weighted by molar-refractivity contribution is 0.0693. The number of nitrogens with zero attached hydrogens (tertiary/aromatic N) is 4. The molecule has 0 radical (unpaired) electrons. The lowest BCUT2D eigenvalue weighted by atomic mass is 10.0. The second-order valence-corrected chi connectivity index (χ2v) is 9.02. The zero-order valence-corrected chi connectivity index (χ0v) is 19.8. The molecule has 0 aliphatic carbocycles. The van der Waals surface area contributed by atoms with Crippen molar-refractivity contribution in [2.45, 2.75) is 59.5 Å². The highest BCUT2D eigenvalue weighted by molar-refractivity contribution is 5.92. The van der Waals surface area contributed by atoms with Gasteiger partial charge in [-0.2, -0.15) is 10.1 Å². The summed E-state index contributed by atoms with van der Waals surface area (Å²) in [6.45, 7) is 12.1. The Morgan fingerprint density at radius 1 is 1.12 bits per heavy atom. The molecule has 0 saturated heterocycles. The summed E-state index contributed by atoms with van der Waals surface area (Å²) in [5, 5.41) is 44.4. The second-order valence-electron chi connectivity index (χ2n) is 9.02. The summed E-state index contributed by atoms with van der Waals surface area (Å²) in [4.78, 5) is 16.2. The SMILES string of the molecule is CC(C)c1nnc2c(Nc3ccc(O)c(C(=O)O)c3)nc(NC(CO)C(C)C)n(C(C)C)c1-2. The van der Waals surface area contributed by atoms with Gasteiger partial charge in [0.05, 0.1) is 24.0 Å². The number of benzene rings is 1. The first-order valence-corrected chi connectivity index (χ1v) is 11.0. The summed E-state index contributed by atoms with van der Waals surface area (Å²) in [6.07, 6.45) is 0. The molecule has 2 aliphatic heterocycles. The molecule has 178 valence electrons. The number of aromatic carboxylic acids is 1. The number of carboxylic acids is 1. The average molecular weight is 457 g/mol. The van der Waals surface area contributed by atoms with Crippen molar-refractivity contribution in [1.29, 1.82) is 0 Å². The van der Waals surface area contributed by atoms with Gasteiger partial charge in [0.2, 0.25) is 5.95 Å². The largest absolute Gasteiger partial charge is 0.507 e. The number of hydrogen-bond acceptors (Lipinski definition) is 8. The Balaban J connectivity index is 2.21. The van der Waals surface area contributed by atoms with E-state index in [1.54, 1.807) is 6.07 Å². The van der Waals surface area contributed by atoms with Crippen molar-refractivity contribution in [2.75, 3.05) is 17.2 Å². The maximum absolute atomic E-state index is 11.4. The summed E-state index contributed by atoms with van der Waals surface area (Å²) < 4.78 is 2.03. The summed E-state index contributed by atoms with van der Waals surface area (Å²) in [6, 6.07) is 4.02. The molecule has 10 nitrogen and oxygen atoms in total. The fraction of sp³-hybridized carbons (Fsp3) is 0.478. The molecule has 2 heterocycles. The first kappa shape index (κ1) is 24.2. The molecular formula is C23H32N6O4. The third-order valence-corrected chi connectivity index (χ3v) is 5.50. The standard InChI is InChI=1S/C23H32N6O4/c1-11(2)16(10-30)25-23-26-21(24-14-7-8-17(31)15(9-14)22(32)33)19-20(29(23)13(5)6)18(12(3)4)27-28-19/h7-9,11-13,16,24,30-31H,10H2,1-6H3,(H,25,26)(H,32,33). The molecule has 1 aromatic rings. The minimum absolute atomic E-state index is 0.0267. The number of anilines is 3. The molecule has 0 saturated carbocycles. The van der Waals surface area contributed by atoms with Crippen LogP contribution in [0.2, 0.25) is 0 Å². The first-order valence-electron chi connectivity index (χ1n) is 11.0. The highest BCUT2D eigenvalue weighted by Gasteiger charge is 2.29. The van der Waals surface area contributed by atoms with E-state index in [9.17, 15) is 20.1 Å². The van der Waals surface area contributed by atoms with Crippen LogP contribution < -0.4 is 10.6 Å². The zero-order chi connectivity index (χ0) is 24.4. The van der Waals surface area contributed by atoms with Gasteiger partial charge in [-0.3, -0.25) is 0 Å². The van der Waals surface area contributed by atoms with E-state index < -0.39 is 5.97 Å². The van der Waals surface area contributed by atoms with Gasteiger partial charge in [-0.1, -0.05) is 27.7 Å². The number of nitrogens with one attached hydrogen (secondary N) is 2. The van der Waals surface area contributed by atoms with Crippen LogP contribution in [0.4, 0.5) is 17.5 Å². The molecule has 10 heteroatoms. The number of fused-ring (bicyclic) bond motifs is 1. The minimum atomic E-state index is -1.24. The number of rotatable bonds is 9. The number of aromatic hydroxyl groups is 1. The van der Waals surface area contributed by atoms with Gasteiger partial charge in [0.15, 0.2) is 11.5 Å². The molecule has 1 unspecified atom stereocenters. The van der Waals surface area contributed by atoms with Gasteiger partial charge in [0.25, 0.3) is 0 Å². The third kappa shape index (κ3) is 4.85. The monoisotopic (exact) mass is 456 g/mol. The molecule has 0 fully saturated rings. The summed E-state index contributed by atoms with van der Waals surface area (Å²) in [7, 11) is 0. The topological polar surface area (TPSA) is 145 Å². The lowest BCUT2D eigenvalue weighted by Gasteiger charge is -2.28. The first-order chi connectivity index (χ1) is 15.5. The van der Waals surface area contributed by atoms with Gasteiger partial charge < -0.3 is 30.5 Å². The van der Waals surface area contributed by atoms with Crippen LogP contribution in [0.1, 0.15) is 69.6 Å². The number of aromatic nitrogens is 4. The van der Waals surface area contributed by atoms with Crippen LogP contribution in [-0.4, -0.2) is 53.7 Å². The number of carbonyl (C=O) groups is 1. The maximum atomic E-state index is 11.4. The van der Waals surface area contributed by atoms with Crippen LogP contribution in [0.5, 0.6) is 5.75 Å². The number of carboxylic acid groups (broad SMARTS) is 1. The molecular weight excluding hydrogens is 424 g/mol. The van der Waals surface area contributed by atoms with Gasteiger partial charge in [-0.25, -0.2) is 4.79 Å². The summed E-state index contributed by atoms with van der Waals surface area (Å²) in [5.74, 6) is -0.361. The molecule has 3 rings (SSSR count). The van der Waals surface area contributed by atoms with Crippen LogP contribution in [-0.2, 0) is 0 Å². The Morgan fingerprint density at radius 3 is 2.36 bits per heavy atom. The predicted octanol–water partition coefficient (Wildman–Crippen LogP) is 4.06. The smallest absolute Gasteiger partial charge is 0.339 e. The molecule has 0 aromatic heterocycles. The fourth-order valence-electron chi connectivity index (χ4n) is 3.63. The lowest BCUT2D eigenvalue weighted by Crippen LogP contribution is -2.32. The predicted molar refractivity (Wildman–Crippen MR) is 127 cm³/mol. The van der Waals surface area contributed by atoms with E-state index in [4.69, 9.17) is 4.98 Å². The zero-order valence-electron chi connectivity index (χ0n) is 19.8. The van der Waals surface area contributed by atoms with Crippen molar-refractivity contribution < 1.29 is 20.1 Å². The van der Waals surface area contributed by atoms with E-state index in [-0.39, 0.29) is 41.8 Å². The molecule has 0 spiro atoms. The van der Waals surface area contributed by atoms with Gasteiger partial charge in [-0.05, 0) is 43.9 Å². The summed E-state index contributed by atoms with van der Waals surface area (Å²) in [5.41, 5.74) is 2.39. The quantitative estimate of drug-likeness (QED) is 0.301. The van der Waals surface area contributed by atoms with Crippen LogP contribution in [0, 0.1) is 5.92 Å². The van der Waals surface area contributed by atoms with Crippen molar-refractivity contribution in [2.24, 2.45) is 5.92 Å². The molecule has 0 amide bonds. The molecule has 2 aliphatic rings. The fourth-order valence-corrected chi connectivity index (χ4v) is 3.63. The number of aliphatic hydroxyl groups excluding tert-OH is 1. The van der Waals surface area contributed by atoms with Gasteiger partial charge in [0, 0.05) is 11.7 Å². The van der Waals surface area contributed by atoms with Crippen molar-refractivity contribution in [1.82, 2.24) is 19.7 Å². The average Bonchev–Trinajstić information content (AvgIpc) is 3.18. The van der Waals surface area contributed by atoms with Crippen molar-refractivity contribution in [3.63, 3.8) is 0 Å². The Bertz CT molecular complexity index is 1110. The normalized spacial score (nSPS) is 12.7. The number of hydrogen-bond donors (Lipinski definition) is 5. The van der Waals surface area contributed by atoms with Gasteiger partial charge >= 0.3 is 5.97 Å². The second kappa shape index (κ2) is 9.62. The Morgan fingerprint density at radius 2 is 1.82 bits per heavy atom. The van der Waals surface area contributed by atoms with Crippen molar-refractivity contribution >= 4 is 23.4 Å². The van der Waals surface area contributed by atoms with Crippen LogP contribution in [0.3, 0.4) is 0 Å². The summed E-state index contributed by atoms with van der Waals surface area (Å²) >= 11 is 0. The molecule has 1 aromatic carbocycles. The Kier molecular flexibility index (Phi) is 7.06. The van der Waals surface area contributed by atoms with E-state index >= 15 is 0 Å². The Hall–Kier alpha value is -3.40. The van der Waals surface area contributed by atoms with Crippen molar-refractivity contribution in [3.05, 3.63) is 29.5 Å². The number of phenols is 1. The maximum Gasteiger partial charge on any atom is 0.339 e. The van der Waals surface area contributed by atoms with Crippen molar-refractivity contribution in [3.8, 4) is 17.1 Å².